The van der Waals surface area contributed by atoms with Crippen molar-refractivity contribution in [2.75, 3.05) is 5.73 Å². The van der Waals surface area contributed by atoms with Gasteiger partial charge in [0, 0.05) is 47.2 Å². The van der Waals surface area contributed by atoms with E-state index in [2.05, 4.69) is 20.1 Å². The number of carbonyl (C=O) groups is 1. The van der Waals surface area contributed by atoms with E-state index < -0.39 is 18.1 Å². The summed E-state index contributed by atoms with van der Waals surface area (Å²) in [5.74, 6) is -1.66. The van der Waals surface area contributed by atoms with Crippen molar-refractivity contribution in [1.82, 2.24) is 29.5 Å². The third-order valence-electron chi connectivity index (χ3n) is 6.46. The molecule has 4 aromatic heterocycles. The first-order valence-electron chi connectivity index (χ1n) is 11.0. The van der Waals surface area contributed by atoms with Gasteiger partial charge in [-0.2, -0.15) is 9.61 Å². The molecule has 34 heavy (non-hydrogen) atoms. The lowest BCUT2D eigenvalue weighted by molar-refractivity contribution is -0.145. The number of carboxylic acid groups (broad SMARTS) is 1. The standard InChI is InChI=1S/C23H21BFN7O2/c24-18-20(13-3-1-12(2-4-13)19(25)23(33)34)31-22-15(10-30-32(22)21(18)26)14-5-6-16(29-9-14)17-11-27-7-8-28-17/h5-13,19H,1-4,26H2,(H,33,34). The average molecular weight is 457 g/mol. The smallest absolute Gasteiger partial charge is 0.338 e. The quantitative estimate of drug-likeness (QED) is 0.437. The van der Waals surface area contributed by atoms with Gasteiger partial charge in [0.05, 0.1) is 18.1 Å². The molecule has 5 rings (SSSR count). The topological polar surface area (TPSA) is 132 Å². The van der Waals surface area contributed by atoms with E-state index in [1.54, 1.807) is 31.0 Å². The van der Waals surface area contributed by atoms with Crippen LogP contribution in [0.3, 0.4) is 0 Å². The Bertz CT molecular complexity index is 1340. The van der Waals surface area contributed by atoms with Crippen LogP contribution in [0.1, 0.15) is 37.3 Å². The predicted molar refractivity (Wildman–Crippen MR) is 124 cm³/mol. The summed E-state index contributed by atoms with van der Waals surface area (Å²) in [6.07, 6.45) is 8.46. The lowest BCUT2D eigenvalue weighted by Crippen LogP contribution is -2.31. The van der Waals surface area contributed by atoms with Gasteiger partial charge >= 0.3 is 5.97 Å². The molecule has 2 radical (unpaired) electrons. The average Bonchev–Trinajstić information content (AvgIpc) is 3.30. The number of nitrogens with two attached hydrogens (primary N) is 1. The van der Waals surface area contributed by atoms with Gasteiger partial charge in [-0.15, -0.1) is 0 Å². The lowest BCUT2D eigenvalue weighted by atomic mass is 9.75. The Labute approximate surface area is 195 Å². The molecule has 0 aromatic carbocycles. The highest BCUT2D eigenvalue weighted by molar-refractivity contribution is 6.36. The Morgan fingerprint density at radius 1 is 1.12 bits per heavy atom. The molecule has 1 fully saturated rings. The van der Waals surface area contributed by atoms with Crippen LogP contribution in [0.15, 0.2) is 43.1 Å². The predicted octanol–water partition coefficient (Wildman–Crippen LogP) is 2.32. The molecule has 9 nitrogen and oxygen atoms in total. The number of nitrogen functional groups attached to an aromatic ring is 1. The minimum atomic E-state index is -1.85. The zero-order chi connectivity index (χ0) is 23.8. The van der Waals surface area contributed by atoms with Crippen molar-refractivity contribution in [3.8, 4) is 22.5 Å². The van der Waals surface area contributed by atoms with Crippen molar-refractivity contribution in [3.63, 3.8) is 0 Å². The van der Waals surface area contributed by atoms with Crippen LogP contribution in [0.2, 0.25) is 0 Å². The number of nitrogens with zero attached hydrogens (tertiary/aromatic N) is 6. The molecule has 0 aliphatic heterocycles. The molecule has 0 bridgehead atoms. The van der Waals surface area contributed by atoms with Crippen LogP contribution in [-0.2, 0) is 4.79 Å². The van der Waals surface area contributed by atoms with Gasteiger partial charge in [-0.05, 0) is 37.2 Å². The molecule has 0 saturated heterocycles. The summed E-state index contributed by atoms with van der Waals surface area (Å²) in [4.78, 5) is 28.6. The number of anilines is 1. The summed E-state index contributed by atoms with van der Waals surface area (Å²) in [6, 6.07) is 3.75. The van der Waals surface area contributed by atoms with Crippen molar-refractivity contribution in [2.45, 2.75) is 37.8 Å². The summed E-state index contributed by atoms with van der Waals surface area (Å²) < 4.78 is 15.4. The molecule has 11 heteroatoms. The Hall–Kier alpha value is -3.89. The van der Waals surface area contributed by atoms with Crippen molar-refractivity contribution in [1.29, 1.82) is 0 Å². The number of carboxylic acids is 1. The summed E-state index contributed by atoms with van der Waals surface area (Å²) in [7, 11) is 6.31. The number of hydrogen-bond acceptors (Lipinski definition) is 7. The minimum Gasteiger partial charge on any atom is -0.479 e. The number of fused-ring (bicyclic) bond motifs is 1. The maximum atomic E-state index is 13.9. The van der Waals surface area contributed by atoms with Gasteiger partial charge in [-0.3, -0.25) is 15.0 Å². The van der Waals surface area contributed by atoms with Crippen LogP contribution in [0.4, 0.5) is 10.2 Å². The van der Waals surface area contributed by atoms with Gasteiger partial charge in [0.2, 0.25) is 0 Å². The highest BCUT2D eigenvalue weighted by atomic mass is 19.1. The minimum absolute atomic E-state index is 0.0375. The second-order valence-corrected chi connectivity index (χ2v) is 8.46. The molecular formula is C23H21BFN7O2. The second-order valence-electron chi connectivity index (χ2n) is 8.46. The maximum absolute atomic E-state index is 13.9. The van der Waals surface area contributed by atoms with Gasteiger partial charge in [0.15, 0.2) is 11.8 Å². The van der Waals surface area contributed by atoms with Crippen molar-refractivity contribution in [3.05, 3.63) is 48.8 Å². The molecule has 1 aliphatic rings. The number of aliphatic carboxylic acids is 1. The largest absolute Gasteiger partial charge is 0.479 e. The van der Waals surface area contributed by atoms with Crippen LogP contribution in [-0.4, -0.2) is 54.6 Å². The fraction of sp³-hybridized carbons (Fsp3) is 0.304. The van der Waals surface area contributed by atoms with E-state index in [0.717, 1.165) is 11.1 Å². The van der Waals surface area contributed by atoms with E-state index in [9.17, 15) is 9.18 Å². The molecule has 1 aliphatic carbocycles. The molecule has 0 spiro atoms. The Kier molecular flexibility index (Phi) is 5.68. The highest BCUT2D eigenvalue weighted by Gasteiger charge is 2.33. The number of rotatable bonds is 5. The molecule has 0 amide bonds. The summed E-state index contributed by atoms with van der Waals surface area (Å²) in [5, 5.41) is 13.3. The van der Waals surface area contributed by atoms with Crippen molar-refractivity contribution < 1.29 is 14.3 Å². The maximum Gasteiger partial charge on any atom is 0.338 e. The van der Waals surface area contributed by atoms with Gasteiger partial charge in [0.1, 0.15) is 19.4 Å². The number of aromatic nitrogens is 6. The normalized spacial score (nSPS) is 19.2. The van der Waals surface area contributed by atoms with Crippen LogP contribution in [0, 0.1) is 5.92 Å². The van der Waals surface area contributed by atoms with E-state index in [4.69, 9.17) is 23.7 Å². The molecule has 3 N–H and O–H groups in total. The number of hydrogen-bond donors (Lipinski definition) is 2. The third kappa shape index (κ3) is 3.87. The first kappa shape index (κ1) is 21.9. The van der Waals surface area contributed by atoms with E-state index in [0.29, 0.717) is 53.9 Å². The summed E-state index contributed by atoms with van der Waals surface area (Å²) in [5.41, 5.74) is 10.7. The van der Waals surface area contributed by atoms with E-state index in [-0.39, 0.29) is 11.7 Å². The Morgan fingerprint density at radius 2 is 1.91 bits per heavy atom. The highest BCUT2D eigenvalue weighted by Crippen LogP contribution is 2.37. The third-order valence-corrected chi connectivity index (χ3v) is 6.46. The molecule has 1 unspecified atom stereocenters. The summed E-state index contributed by atoms with van der Waals surface area (Å²) >= 11 is 0. The molecule has 4 heterocycles. The fourth-order valence-corrected chi connectivity index (χ4v) is 4.58. The summed E-state index contributed by atoms with van der Waals surface area (Å²) in [6.45, 7) is 0. The van der Waals surface area contributed by atoms with Crippen molar-refractivity contribution in [2.24, 2.45) is 5.92 Å². The fourth-order valence-electron chi connectivity index (χ4n) is 4.58. The number of halogens is 1. The lowest BCUT2D eigenvalue weighted by Gasteiger charge is -2.30. The van der Waals surface area contributed by atoms with Crippen molar-refractivity contribution >= 4 is 30.7 Å². The van der Waals surface area contributed by atoms with E-state index in [1.165, 1.54) is 4.52 Å². The molecule has 1 atom stereocenters. The molecule has 170 valence electrons. The zero-order valence-electron chi connectivity index (χ0n) is 18.2. The van der Waals surface area contributed by atoms with Crippen LogP contribution >= 0.6 is 0 Å². The first-order valence-corrected chi connectivity index (χ1v) is 11.0. The Morgan fingerprint density at radius 3 is 2.56 bits per heavy atom. The van der Waals surface area contributed by atoms with E-state index in [1.807, 2.05) is 12.1 Å². The molecule has 4 aromatic rings. The van der Waals surface area contributed by atoms with Gasteiger partial charge in [-0.25, -0.2) is 14.2 Å². The number of pyridine rings is 1. The van der Waals surface area contributed by atoms with Gasteiger partial charge < -0.3 is 10.8 Å². The Balaban J connectivity index is 1.46. The van der Waals surface area contributed by atoms with Crippen LogP contribution < -0.4 is 11.2 Å². The zero-order valence-corrected chi connectivity index (χ0v) is 18.2. The van der Waals surface area contributed by atoms with Gasteiger partial charge in [-0.1, -0.05) is 6.07 Å². The van der Waals surface area contributed by atoms with Crippen LogP contribution in [0.25, 0.3) is 28.2 Å². The number of alkyl halides is 1. The molecule has 1 saturated carbocycles. The molecular weight excluding hydrogens is 436 g/mol. The van der Waals surface area contributed by atoms with E-state index >= 15 is 0 Å². The monoisotopic (exact) mass is 457 g/mol. The first-order chi connectivity index (χ1) is 16.4. The second kappa shape index (κ2) is 8.81. The SMILES string of the molecule is [B]c1c(C2CCC(C(F)C(=O)O)CC2)nc2c(-c3ccc(-c4cnccn4)nc3)cnn2c1N. The van der Waals surface area contributed by atoms with Crippen LogP contribution in [0.5, 0.6) is 0 Å². The van der Waals surface area contributed by atoms with Gasteiger partial charge in [0.25, 0.3) is 0 Å².